The number of halogens is 2. The zero-order valence-corrected chi connectivity index (χ0v) is 12.0. The highest BCUT2D eigenvalue weighted by Gasteiger charge is 2.08. The van der Waals surface area contributed by atoms with Gasteiger partial charge < -0.3 is 9.67 Å². The molecule has 18 heavy (non-hydrogen) atoms. The van der Waals surface area contributed by atoms with Crippen LogP contribution in [0.5, 0.6) is 0 Å². The highest BCUT2D eigenvalue weighted by molar-refractivity contribution is 9.10. The third-order valence-corrected chi connectivity index (χ3v) is 3.91. The van der Waals surface area contributed by atoms with Crippen LogP contribution in [-0.4, -0.2) is 19.9 Å². The van der Waals surface area contributed by atoms with E-state index in [1.54, 1.807) is 11.6 Å². The Labute approximate surface area is 116 Å². The quantitative estimate of drug-likeness (QED) is 0.874. The van der Waals surface area contributed by atoms with Crippen LogP contribution < -0.4 is 0 Å². The molecule has 4 nitrogen and oxygen atoms in total. The smallest absolute Gasteiger partial charge is 0.191 e. The molecule has 0 unspecified atom stereocenters. The maximum absolute atomic E-state index is 13.2. The molecule has 0 aliphatic carbocycles. The molecular weight excluding hydrogens is 321 g/mol. The van der Waals surface area contributed by atoms with E-state index in [0.717, 1.165) is 5.56 Å². The van der Waals surface area contributed by atoms with Crippen LogP contribution in [0.15, 0.2) is 27.8 Å². The molecule has 1 N–H and O–H groups in total. The average Bonchev–Trinajstić information content (AvgIpc) is 2.66. The molecule has 1 aromatic carbocycles. The van der Waals surface area contributed by atoms with E-state index in [4.69, 9.17) is 5.11 Å². The lowest BCUT2D eigenvalue weighted by Crippen LogP contribution is -1.98. The first kappa shape index (κ1) is 13.5. The summed E-state index contributed by atoms with van der Waals surface area (Å²) in [6.07, 6.45) is 0. The first-order valence-corrected chi connectivity index (χ1v) is 6.95. The van der Waals surface area contributed by atoms with Crippen LogP contribution in [-0.2, 0) is 19.4 Å². The molecule has 2 rings (SSSR count). The second-order valence-electron chi connectivity index (χ2n) is 3.68. The van der Waals surface area contributed by atoms with Gasteiger partial charge in [0, 0.05) is 17.3 Å². The fourth-order valence-electron chi connectivity index (χ4n) is 1.45. The van der Waals surface area contributed by atoms with E-state index >= 15 is 0 Å². The fraction of sp³-hybridized carbons (Fsp3) is 0.273. The summed E-state index contributed by atoms with van der Waals surface area (Å²) in [5.41, 5.74) is 0.862. The van der Waals surface area contributed by atoms with Crippen molar-refractivity contribution >= 4 is 27.7 Å². The molecule has 0 amide bonds. The van der Waals surface area contributed by atoms with E-state index in [9.17, 15) is 4.39 Å². The molecule has 1 aromatic heterocycles. The molecule has 0 atom stereocenters. The van der Waals surface area contributed by atoms with Gasteiger partial charge in [0.15, 0.2) is 11.0 Å². The molecule has 0 radical (unpaired) electrons. The lowest BCUT2D eigenvalue weighted by atomic mass is 10.2. The number of benzene rings is 1. The molecule has 7 heteroatoms. The topological polar surface area (TPSA) is 50.9 Å². The van der Waals surface area contributed by atoms with Gasteiger partial charge in [0.2, 0.25) is 0 Å². The predicted molar refractivity (Wildman–Crippen MR) is 70.6 cm³/mol. The Balaban J connectivity index is 2.09. The Morgan fingerprint density at radius 1 is 1.39 bits per heavy atom. The summed E-state index contributed by atoms with van der Waals surface area (Å²) in [7, 11) is 1.79. The summed E-state index contributed by atoms with van der Waals surface area (Å²) in [4.78, 5) is 0. The number of aromatic nitrogens is 3. The zero-order chi connectivity index (χ0) is 13.1. The number of aliphatic hydroxyl groups excluding tert-OH is 1. The Kier molecular flexibility index (Phi) is 4.36. The van der Waals surface area contributed by atoms with Crippen LogP contribution in [0.1, 0.15) is 11.4 Å². The molecule has 0 saturated carbocycles. The van der Waals surface area contributed by atoms with Crippen LogP contribution in [0.25, 0.3) is 0 Å². The van der Waals surface area contributed by atoms with Crippen molar-refractivity contribution in [3.63, 3.8) is 0 Å². The monoisotopic (exact) mass is 331 g/mol. The van der Waals surface area contributed by atoms with Crippen LogP contribution in [0, 0.1) is 5.82 Å². The van der Waals surface area contributed by atoms with Gasteiger partial charge in [-0.2, -0.15) is 0 Å². The van der Waals surface area contributed by atoms with Crippen LogP contribution in [0.3, 0.4) is 0 Å². The molecule has 0 spiro atoms. The summed E-state index contributed by atoms with van der Waals surface area (Å²) in [5, 5.41) is 17.5. The van der Waals surface area contributed by atoms with Crippen molar-refractivity contribution in [3.8, 4) is 0 Å². The summed E-state index contributed by atoms with van der Waals surface area (Å²) in [5.74, 6) is 0.834. The number of hydrogen-bond donors (Lipinski definition) is 1. The summed E-state index contributed by atoms with van der Waals surface area (Å²) in [6.45, 7) is -0.143. The zero-order valence-electron chi connectivity index (χ0n) is 9.60. The second kappa shape index (κ2) is 5.81. The first-order valence-electron chi connectivity index (χ1n) is 5.17. The molecule has 1 heterocycles. The summed E-state index contributed by atoms with van der Waals surface area (Å²) >= 11 is 4.70. The van der Waals surface area contributed by atoms with Gasteiger partial charge >= 0.3 is 0 Å². The molecule has 0 aliphatic heterocycles. The maximum Gasteiger partial charge on any atom is 0.191 e. The molecule has 96 valence electrons. The van der Waals surface area contributed by atoms with Gasteiger partial charge in [-0.05, 0) is 23.8 Å². The standard InChI is InChI=1S/C11H11BrFN3OS/c1-16-10(5-17)14-15-11(16)18-6-7-2-8(12)4-9(13)3-7/h2-4,17H,5-6H2,1H3. The highest BCUT2D eigenvalue weighted by atomic mass is 79.9. The number of rotatable bonds is 4. The number of aliphatic hydroxyl groups is 1. The third-order valence-electron chi connectivity index (χ3n) is 2.36. The largest absolute Gasteiger partial charge is 0.388 e. The van der Waals surface area contributed by atoms with E-state index in [0.29, 0.717) is 21.2 Å². The van der Waals surface area contributed by atoms with E-state index in [2.05, 4.69) is 26.1 Å². The van der Waals surface area contributed by atoms with Crippen molar-refractivity contribution in [2.24, 2.45) is 7.05 Å². The maximum atomic E-state index is 13.2. The van der Waals surface area contributed by atoms with Gasteiger partial charge in [0.1, 0.15) is 12.4 Å². The Morgan fingerprint density at radius 3 is 2.78 bits per heavy atom. The Bertz CT molecular complexity index is 541. The van der Waals surface area contributed by atoms with Gasteiger partial charge in [-0.1, -0.05) is 27.7 Å². The van der Waals surface area contributed by atoms with Gasteiger partial charge in [0.25, 0.3) is 0 Å². The average molecular weight is 332 g/mol. The molecule has 0 saturated heterocycles. The highest BCUT2D eigenvalue weighted by Crippen LogP contribution is 2.23. The van der Waals surface area contributed by atoms with E-state index in [1.807, 2.05) is 6.07 Å². The van der Waals surface area contributed by atoms with E-state index in [1.165, 1.54) is 23.9 Å². The third kappa shape index (κ3) is 3.09. The van der Waals surface area contributed by atoms with Gasteiger partial charge in [0.05, 0.1) is 0 Å². The predicted octanol–water partition coefficient (Wildman–Crippen LogP) is 2.50. The van der Waals surface area contributed by atoms with Crippen molar-refractivity contribution in [1.29, 1.82) is 0 Å². The SMILES string of the molecule is Cn1c(CO)nnc1SCc1cc(F)cc(Br)c1. The second-order valence-corrected chi connectivity index (χ2v) is 5.54. The summed E-state index contributed by atoms with van der Waals surface area (Å²) in [6, 6.07) is 4.76. The van der Waals surface area contributed by atoms with Crippen LogP contribution in [0.4, 0.5) is 4.39 Å². The molecule has 0 fully saturated rings. The normalized spacial score (nSPS) is 10.9. The van der Waals surface area contributed by atoms with Crippen molar-refractivity contribution in [2.45, 2.75) is 17.5 Å². The molecule has 2 aromatic rings. The molecule has 0 bridgehead atoms. The fourth-order valence-corrected chi connectivity index (χ4v) is 2.82. The first-order chi connectivity index (χ1) is 8.60. The molecular formula is C11H11BrFN3OS. The van der Waals surface area contributed by atoms with Crippen molar-refractivity contribution in [3.05, 3.63) is 39.9 Å². The lowest BCUT2D eigenvalue weighted by molar-refractivity contribution is 0.266. The Morgan fingerprint density at radius 2 is 2.17 bits per heavy atom. The van der Waals surface area contributed by atoms with Gasteiger partial charge in [-0.15, -0.1) is 10.2 Å². The van der Waals surface area contributed by atoms with Gasteiger partial charge in [-0.25, -0.2) is 4.39 Å². The van der Waals surface area contributed by atoms with Crippen LogP contribution >= 0.6 is 27.7 Å². The number of nitrogens with zero attached hydrogens (tertiary/aromatic N) is 3. The van der Waals surface area contributed by atoms with E-state index < -0.39 is 0 Å². The molecule has 0 aliphatic rings. The minimum absolute atomic E-state index is 0.143. The summed E-state index contributed by atoms with van der Waals surface area (Å²) < 4.78 is 15.6. The Hall–Kier alpha value is -0.920. The van der Waals surface area contributed by atoms with Gasteiger partial charge in [-0.3, -0.25) is 0 Å². The van der Waals surface area contributed by atoms with Crippen molar-refractivity contribution in [2.75, 3.05) is 0 Å². The number of hydrogen-bond acceptors (Lipinski definition) is 4. The number of thioether (sulfide) groups is 1. The lowest BCUT2D eigenvalue weighted by Gasteiger charge is -2.03. The van der Waals surface area contributed by atoms with Crippen LogP contribution in [0.2, 0.25) is 0 Å². The van der Waals surface area contributed by atoms with Crippen molar-refractivity contribution in [1.82, 2.24) is 14.8 Å². The minimum atomic E-state index is -0.269. The minimum Gasteiger partial charge on any atom is -0.388 e. The van der Waals surface area contributed by atoms with Crippen molar-refractivity contribution < 1.29 is 9.50 Å². The van der Waals surface area contributed by atoms with E-state index in [-0.39, 0.29) is 12.4 Å².